The largest absolute Gasteiger partial charge is 0.233 e. The van der Waals surface area contributed by atoms with E-state index in [1.165, 1.54) is 22.6 Å². The van der Waals surface area contributed by atoms with Crippen molar-refractivity contribution in [2.75, 3.05) is 0 Å². The van der Waals surface area contributed by atoms with Crippen molar-refractivity contribution in [1.82, 2.24) is 9.97 Å². The van der Waals surface area contributed by atoms with Crippen LogP contribution < -0.4 is 0 Å². The summed E-state index contributed by atoms with van der Waals surface area (Å²) >= 11 is 7.86. The normalized spacial score (nSPS) is 15.2. The van der Waals surface area contributed by atoms with Gasteiger partial charge in [0.25, 0.3) is 0 Å². The summed E-state index contributed by atoms with van der Waals surface area (Å²) in [5.74, 6) is 1.38. The molecule has 0 aromatic carbocycles. The van der Waals surface area contributed by atoms with Gasteiger partial charge in [0.15, 0.2) is 5.82 Å². The van der Waals surface area contributed by atoms with Crippen molar-refractivity contribution < 1.29 is 0 Å². The maximum Gasteiger partial charge on any atom is 0.162 e. The van der Waals surface area contributed by atoms with Gasteiger partial charge in [-0.1, -0.05) is 11.6 Å². The van der Waals surface area contributed by atoms with Crippen molar-refractivity contribution in [3.8, 4) is 11.4 Å². The monoisotopic (exact) mass is 264 g/mol. The highest BCUT2D eigenvalue weighted by molar-refractivity contribution is 7.12. The fraction of sp³-hybridized carbons (Fsp3) is 0.385. The lowest BCUT2D eigenvalue weighted by Crippen LogP contribution is -1.94. The molecular weight excluding hydrogens is 252 g/mol. The highest BCUT2D eigenvalue weighted by Gasteiger charge is 2.26. The van der Waals surface area contributed by atoms with Gasteiger partial charge >= 0.3 is 0 Å². The van der Waals surface area contributed by atoms with Crippen molar-refractivity contribution in [2.24, 2.45) is 0 Å². The van der Waals surface area contributed by atoms with Crippen LogP contribution in [0, 0.1) is 13.8 Å². The van der Waals surface area contributed by atoms with E-state index in [4.69, 9.17) is 11.6 Å². The number of aromatic nitrogens is 2. The summed E-state index contributed by atoms with van der Waals surface area (Å²) in [6.45, 7) is 4.21. The topological polar surface area (TPSA) is 25.8 Å². The van der Waals surface area contributed by atoms with Crippen LogP contribution >= 0.6 is 22.9 Å². The van der Waals surface area contributed by atoms with Gasteiger partial charge in [-0.05, 0) is 38.8 Å². The number of nitrogens with zero attached hydrogens (tertiary/aromatic N) is 2. The Morgan fingerprint density at radius 1 is 1.24 bits per heavy atom. The summed E-state index contributed by atoms with van der Waals surface area (Å²) in [6, 6.07) is 4.04. The molecule has 2 nitrogen and oxygen atoms in total. The van der Waals surface area contributed by atoms with E-state index < -0.39 is 0 Å². The first-order valence-corrected chi connectivity index (χ1v) is 6.95. The second-order valence-corrected chi connectivity index (χ2v) is 6.39. The lowest BCUT2D eigenvalue weighted by Gasteiger charge is -2.03. The fourth-order valence-electron chi connectivity index (χ4n) is 2.00. The Morgan fingerprint density at radius 3 is 2.59 bits per heavy atom. The molecular formula is C13H13ClN2S. The Morgan fingerprint density at radius 2 is 2.00 bits per heavy atom. The molecule has 0 N–H and O–H groups in total. The number of hydrogen-bond donors (Lipinski definition) is 0. The second kappa shape index (κ2) is 4.07. The van der Waals surface area contributed by atoms with Gasteiger partial charge in [0.05, 0.1) is 0 Å². The molecule has 0 radical (unpaired) electrons. The number of thiophene rings is 1. The molecule has 1 fully saturated rings. The van der Waals surface area contributed by atoms with Gasteiger partial charge in [0, 0.05) is 26.9 Å². The van der Waals surface area contributed by atoms with Crippen LogP contribution in [0.25, 0.3) is 11.4 Å². The standard InChI is InChI=1S/C13H13ClN2S/c1-7-5-10(8(2)17-7)13-15-11(9-3-4-9)6-12(14)16-13/h5-6,9H,3-4H2,1-2H3. The van der Waals surface area contributed by atoms with E-state index in [0.717, 1.165) is 17.1 Å². The summed E-state index contributed by atoms with van der Waals surface area (Å²) in [5.41, 5.74) is 2.22. The van der Waals surface area contributed by atoms with Crippen molar-refractivity contribution in [2.45, 2.75) is 32.6 Å². The predicted octanol–water partition coefficient (Wildman–Crippen LogP) is 4.35. The van der Waals surface area contributed by atoms with Crippen LogP contribution in [0.2, 0.25) is 5.15 Å². The smallest absolute Gasteiger partial charge is 0.162 e. The lowest BCUT2D eigenvalue weighted by molar-refractivity contribution is 0.994. The number of rotatable bonds is 2. The third-order valence-electron chi connectivity index (χ3n) is 2.99. The summed E-state index contributed by atoms with van der Waals surface area (Å²) in [4.78, 5) is 11.5. The van der Waals surface area contributed by atoms with E-state index in [1.54, 1.807) is 11.3 Å². The first-order valence-electron chi connectivity index (χ1n) is 5.75. The molecule has 0 saturated heterocycles. The quantitative estimate of drug-likeness (QED) is 0.754. The van der Waals surface area contributed by atoms with Crippen LogP contribution in [-0.2, 0) is 0 Å². The van der Waals surface area contributed by atoms with Crippen LogP contribution in [0.1, 0.15) is 34.2 Å². The van der Waals surface area contributed by atoms with E-state index in [-0.39, 0.29) is 0 Å². The van der Waals surface area contributed by atoms with Crippen LogP contribution in [0.4, 0.5) is 0 Å². The Bertz CT molecular complexity index is 573. The zero-order valence-electron chi connectivity index (χ0n) is 9.83. The van der Waals surface area contributed by atoms with Crippen LogP contribution in [0.5, 0.6) is 0 Å². The van der Waals surface area contributed by atoms with Gasteiger partial charge in [-0.2, -0.15) is 0 Å². The molecule has 17 heavy (non-hydrogen) atoms. The summed E-state index contributed by atoms with van der Waals surface area (Å²) in [6.07, 6.45) is 2.46. The molecule has 2 aromatic rings. The van der Waals surface area contributed by atoms with Crippen LogP contribution in [0.3, 0.4) is 0 Å². The maximum atomic E-state index is 6.08. The van der Waals surface area contributed by atoms with Gasteiger partial charge < -0.3 is 0 Å². The van der Waals surface area contributed by atoms with Crippen molar-refractivity contribution in [3.05, 3.63) is 32.7 Å². The van der Waals surface area contributed by atoms with E-state index in [9.17, 15) is 0 Å². The molecule has 0 spiro atoms. The van der Waals surface area contributed by atoms with Crippen molar-refractivity contribution in [1.29, 1.82) is 0 Å². The average Bonchev–Trinajstić information content (AvgIpc) is 3.04. The molecule has 1 aliphatic carbocycles. The minimum Gasteiger partial charge on any atom is -0.233 e. The Balaban J connectivity index is 2.10. The van der Waals surface area contributed by atoms with Crippen LogP contribution in [0.15, 0.2) is 12.1 Å². The second-order valence-electron chi connectivity index (χ2n) is 4.54. The molecule has 4 heteroatoms. The Hall–Kier alpha value is -0.930. The number of aryl methyl sites for hydroxylation is 2. The third kappa shape index (κ3) is 2.22. The summed E-state index contributed by atoms with van der Waals surface area (Å²) in [7, 11) is 0. The molecule has 0 atom stereocenters. The fourth-order valence-corrected chi connectivity index (χ4v) is 3.11. The number of hydrogen-bond acceptors (Lipinski definition) is 3. The molecule has 1 aliphatic rings. The molecule has 0 unspecified atom stereocenters. The number of halogens is 1. The molecule has 2 heterocycles. The highest BCUT2D eigenvalue weighted by atomic mass is 35.5. The zero-order valence-corrected chi connectivity index (χ0v) is 11.4. The predicted molar refractivity (Wildman–Crippen MR) is 71.8 cm³/mol. The van der Waals surface area contributed by atoms with Gasteiger partial charge in [-0.3, -0.25) is 0 Å². The minimum atomic E-state index is 0.556. The summed E-state index contributed by atoms with van der Waals surface area (Å²) in [5, 5.41) is 0.556. The molecule has 88 valence electrons. The van der Waals surface area contributed by atoms with Gasteiger partial charge in [-0.25, -0.2) is 9.97 Å². The SMILES string of the molecule is Cc1cc(-c2nc(Cl)cc(C3CC3)n2)c(C)s1. The van der Waals surface area contributed by atoms with Crippen molar-refractivity contribution in [3.63, 3.8) is 0 Å². The van der Waals surface area contributed by atoms with Crippen LogP contribution in [-0.4, -0.2) is 9.97 Å². The first-order chi connectivity index (χ1) is 8.13. The van der Waals surface area contributed by atoms with Gasteiger partial charge in [0.1, 0.15) is 5.15 Å². The molecule has 2 aromatic heterocycles. The summed E-state index contributed by atoms with van der Waals surface area (Å²) < 4.78 is 0. The average molecular weight is 265 g/mol. The van der Waals surface area contributed by atoms with E-state index in [2.05, 4.69) is 29.9 Å². The highest BCUT2D eigenvalue weighted by Crippen LogP contribution is 2.40. The molecule has 3 rings (SSSR count). The van der Waals surface area contributed by atoms with Gasteiger partial charge in [-0.15, -0.1) is 11.3 Å². The lowest BCUT2D eigenvalue weighted by atomic mass is 10.2. The third-order valence-corrected chi connectivity index (χ3v) is 4.15. The van der Waals surface area contributed by atoms with Gasteiger partial charge in [0.2, 0.25) is 0 Å². The van der Waals surface area contributed by atoms with Crippen molar-refractivity contribution >= 4 is 22.9 Å². The maximum absolute atomic E-state index is 6.08. The minimum absolute atomic E-state index is 0.556. The zero-order chi connectivity index (χ0) is 12.0. The molecule has 0 aliphatic heterocycles. The Kier molecular flexibility index (Phi) is 2.68. The molecule has 0 amide bonds. The van der Waals surface area contributed by atoms with E-state index >= 15 is 0 Å². The first kappa shape index (κ1) is 11.2. The molecule has 1 saturated carbocycles. The molecule has 0 bridgehead atoms. The Labute approximate surface area is 110 Å². The van der Waals surface area contributed by atoms with E-state index in [1.807, 2.05) is 6.07 Å². The van der Waals surface area contributed by atoms with E-state index in [0.29, 0.717) is 11.1 Å².